The highest BCUT2D eigenvalue weighted by atomic mass is 16.6. The molecule has 3 nitrogen and oxygen atoms in total. The van der Waals surface area contributed by atoms with E-state index < -0.39 is 6.10 Å². The molecule has 0 N–H and O–H groups in total. The predicted molar refractivity (Wildman–Crippen MR) is 75.8 cm³/mol. The number of ether oxygens (including phenoxy) is 2. The summed E-state index contributed by atoms with van der Waals surface area (Å²) in [5, 5.41) is 0. The Balaban J connectivity index is 2.39. The molecular weight excluding hydrogens is 240 g/mol. The largest absolute Gasteiger partial charge is 0.467 e. The second kappa shape index (κ2) is 9.56. The number of benzene rings is 1. The number of rotatable bonds is 9. The third-order valence-electron chi connectivity index (χ3n) is 3.08. The molecule has 1 atom stereocenters. The zero-order valence-electron chi connectivity index (χ0n) is 11.9. The van der Waals surface area contributed by atoms with Gasteiger partial charge in [-0.15, -0.1) is 0 Å². The van der Waals surface area contributed by atoms with Gasteiger partial charge in [-0.3, -0.25) is 0 Å². The number of methoxy groups -OCH3 is 1. The van der Waals surface area contributed by atoms with E-state index in [9.17, 15) is 4.79 Å². The van der Waals surface area contributed by atoms with Crippen molar-refractivity contribution in [2.45, 2.75) is 51.7 Å². The molecule has 106 valence electrons. The fourth-order valence-electron chi connectivity index (χ4n) is 1.93. The smallest absolute Gasteiger partial charge is 0.334 e. The molecule has 1 aromatic carbocycles. The molecule has 0 aliphatic rings. The number of hydrogen-bond donors (Lipinski definition) is 0. The van der Waals surface area contributed by atoms with Crippen LogP contribution in [-0.2, 0) is 20.9 Å². The fourth-order valence-corrected chi connectivity index (χ4v) is 1.93. The van der Waals surface area contributed by atoms with Crippen LogP contribution in [0.25, 0.3) is 0 Å². The maximum atomic E-state index is 11.6. The van der Waals surface area contributed by atoms with Crippen LogP contribution < -0.4 is 0 Å². The predicted octanol–water partition coefficient (Wildman–Crippen LogP) is 3.72. The SMILES string of the molecule is CCCCCCC(OCc1ccccc1)C(=O)OC. The van der Waals surface area contributed by atoms with Crippen LogP contribution in [0.1, 0.15) is 44.6 Å². The minimum Gasteiger partial charge on any atom is -0.467 e. The zero-order chi connectivity index (χ0) is 13.9. The van der Waals surface area contributed by atoms with Crippen molar-refractivity contribution in [2.24, 2.45) is 0 Å². The van der Waals surface area contributed by atoms with Gasteiger partial charge in [-0.1, -0.05) is 62.9 Å². The van der Waals surface area contributed by atoms with Gasteiger partial charge in [-0.2, -0.15) is 0 Å². The molecule has 0 bridgehead atoms. The molecule has 0 saturated heterocycles. The third kappa shape index (κ3) is 6.39. The molecule has 0 amide bonds. The molecule has 0 heterocycles. The van der Waals surface area contributed by atoms with E-state index in [1.54, 1.807) is 0 Å². The van der Waals surface area contributed by atoms with E-state index >= 15 is 0 Å². The van der Waals surface area contributed by atoms with Crippen molar-refractivity contribution in [3.8, 4) is 0 Å². The molecule has 1 aromatic rings. The van der Waals surface area contributed by atoms with E-state index in [2.05, 4.69) is 6.92 Å². The van der Waals surface area contributed by atoms with Gasteiger partial charge in [0.2, 0.25) is 0 Å². The molecule has 0 aromatic heterocycles. The average Bonchev–Trinajstić information content (AvgIpc) is 2.47. The lowest BCUT2D eigenvalue weighted by atomic mass is 10.1. The van der Waals surface area contributed by atoms with Crippen LogP contribution >= 0.6 is 0 Å². The summed E-state index contributed by atoms with van der Waals surface area (Å²) in [7, 11) is 1.41. The van der Waals surface area contributed by atoms with Crippen molar-refractivity contribution in [3.05, 3.63) is 35.9 Å². The Morgan fingerprint density at radius 2 is 1.89 bits per heavy atom. The molecule has 0 aliphatic carbocycles. The van der Waals surface area contributed by atoms with E-state index in [1.165, 1.54) is 20.0 Å². The summed E-state index contributed by atoms with van der Waals surface area (Å²) in [6.07, 6.45) is 4.82. The maximum absolute atomic E-state index is 11.6. The Morgan fingerprint density at radius 1 is 1.16 bits per heavy atom. The summed E-state index contributed by atoms with van der Waals surface area (Å²) < 4.78 is 10.5. The summed E-state index contributed by atoms with van der Waals surface area (Å²) in [6.45, 7) is 2.62. The van der Waals surface area contributed by atoms with Crippen molar-refractivity contribution in [2.75, 3.05) is 7.11 Å². The van der Waals surface area contributed by atoms with Gasteiger partial charge < -0.3 is 9.47 Å². The van der Waals surface area contributed by atoms with Gasteiger partial charge >= 0.3 is 5.97 Å². The molecule has 0 saturated carbocycles. The van der Waals surface area contributed by atoms with Crippen molar-refractivity contribution in [3.63, 3.8) is 0 Å². The van der Waals surface area contributed by atoms with Gasteiger partial charge in [0.05, 0.1) is 13.7 Å². The van der Waals surface area contributed by atoms with Crippen LogP contribution in [-0.4, -0.2) is 19.2 Å². The molecule has 0 spiro atoms. The Labute approximate surface area is 115 Å². The Kier molecular flexibility index (Phi) is 7.91. The first-order valence-electron chi connectivity index (χ1n) is 7.01. The summed E-state index contributed by atoms with van der Waals surface area (Å²) in [5.41, 5.74) is 1.07. The van der Waals surface area contributed by atoms with Gasteiger partial charge in [0.25, 0.3) is 0 Å². The van der Waals surface area contributed by atoms with Gasteiger partial charge in [0.15, 0.2) is 6.10 Å². The highest BCUT2D eigenvalue weighted by molar-refractivity contribution is 5.74. The average molecular weight is 264 g/mol. The molecular formula is C16H24O3. The quantitative estimate of drug-likeness (QED) is 0.504. The van der Waals surface area contributed by atoms with Crippen molar-refractivity contribution >= 4 is 5.97 Å². The Hall–Kier alpha value is -1.35. The Morgan fingerprint density at radius 3 is 2.53 bits per heavy atom. The van der Waals surface area contributed by atoms with Crippen LogP contribution in [0, 0.1) is 0 Å². The molecule has 0 fully saturated rings. The third-order valence-corrected chi connectivity index (χ3v) is 3.08. The highest BCUT2D eigenvalue weighted by Crippen LogP contribution is 2.12. The van der Waals surface area contributed by atoms with Gasteiger partial charge in [0, 0.05) is 0 Å². The second-order valence-electron chi connectivity index (χ2n) is 4.66. The van der Waals surface area contributed by atoms with Gasteiger partial charge in [0.1, 0.15) is 0 Å². The molecule has 1 rings (SSSR count). The number of hydrogen-bond acceptors (Lipinski definition) is 3. The fraction of sp³-hybridized carbons (Fsp3) is 0.562. The van der Waals surface area contributed by atoms with E-state index in [-0.39, 0.29) is 5.97 Å². The monoisotopic (exact) mass is 264 g/mol. The van der Waals surface area contributed by atoms with Gasteiger partial charge in [-0.25, -0.2) is 4.79 Å². The van der Waals surface area contributed by atoms with E-state index in [4.69, 9.17) is 9.47 Å². The lowest BCUT2D eigenvalue weighted by Gasteiger charge is -2.15. The van der Waals surface area contributed by atoms with Crippen molar-refractivity contribution < 1.29 is 14.3 Å². The van der Waals surface area contributed by atoms with Crippen LogP contribution in [0.4, 0.5) is 0 Å². The van der Waals surface area contributed by atoms with Gasteiger partial charge in [-0.05, 0) is 12.0 Å². The lowest BCUT2D eigenvalue weighted by molar-refractivity contribution is -0.155. The van der Waals surface area contributed by atoms with E-state index in [0.717, 1.165) is 24.8 Å². The molecule has 3 heteroatoms. The minimum absolute atomic E-state index is 0.271. The second-order valence-corrected chi connectivity index (χ2v) is 4.66. The van der Waals surface area contributed by atoms with Crippen molar-refractivity contribution in [1.29, 1.82) is 0 Å². The topological polar surface area (TPSA) is 35.5 Å². The Bertz CT molecular complexity index is 348. The molecule has 1 unspecified atom stereocenters. The van der Waals surface area contributed by atoms with Crippen LogP contribution in [0.15, 0.2) is 30.3 Å². The van der Waals surface area contributed by atoms with E-state index in [1.807, 2.05) is 30.3 Å². The number of esters is 1. The normalized spacial score (nSPS) is 12.1. The molecule has 19 heavy (non-hydrogen) atoms. The summed E-state index contributed by atoms with van der Waals surface area (Å²) in [6, 6.07) is 9.88. The van der Waals surface area contributed by atoms with Crippen LogP contribution in [0.3, 0.4) is 0 Å². The first-order valence-corrected chi connectivity index (χ1v) is 7.01. The maximum Gasteiger partial charge on any atom is 0.334 e. The first kappa shape index (κ1) is 15.7. The summed E-state index contributed by atoms with van der Waals surface area (Å²) >= 11 is 0. The first-order chi connectivity index (χ1) is 9.27. The van der Waals surface area contributed by atoms with Crippen LogP contribution in [0.2, 0.25) is 0 Å². The lowest BCUT2D eigenvalue weighted by Crippen LogP contribution is -2.25. The molecule has 0 radical (unpaired) electrons. The van der Waals surface area contributed by atoms with E-state index in [0.29, 0.717) is 6.61 Å². The van der Waals surface area contributed by atoms with Crippen molar-refractivity contribution in [1.82, 2.24) is 0 Å². The standard InChI is InChI=1S/C16H24O3/c1-3-4-5-9-12-15(16(17)18-2)19-13-14-10-7-6-8-11-14/h6-8,10-11,15H,3-5,9,12-13H2,1-2H3. The highest BCUT2D eigenvalue weighted by Gasteiger charge is 2.19. The molecule has 0 aliphatic heterocycles. The van der Waals surface area contributed by atoms with Crippen LogP contribution in [0.5, 0.6) is 0 Å². The summed E-state index contributed by atoms with van der Waals surface area (Å²) in [4.78, 5) is 11.6. The number of carbonyl (C=O) groups is 1. The summed E-state index contributed by atoms with van der Waals surface area (Å²) in [5.74, 6) is -0.271. The minimum atomic E-state index is -0.443. The number of carbonyl (C=O) groups excluding carboxylic acids is 1. The number of unbranched alkanes of at least 4 members (excludes halogenated alkanes) is 3. The zero-order valence-corrected chi connectivity index (χ0v) is 11.9.